The van der Waals surface area contributed by atoms with Crippen molar-refractivity contribution in [1.29, 1.82) is 0 Å². The molecule has 1 aliphatic rings. The Kier molecular flexibility index (Phi) is 8.88. The molecule has 1 N–H and O–H groups in total. The number of hydrogen-bond donors (Lipinski definition) is 1. The number of carbonyl (C=O) groups is 2. The first kappa shape index (κ1) is 25.6. The molecular weight excluding hydrogens is 451 g/mol. The van der Waals surface area contributed by atoms with E-state index in [9.17, 15) is 14.0 Å². The van der Waals surface area contributed by atoms with E-state index < -0.39 is 6.04 Å². The largest absolute Gasteiger partial charge is 0.352 e. The van der Waals surface area contributed by atoms with Crippen LogP contribution in [0.15, 0.2) is 78.9 Å². The summed E-state index contributed by atoms with van der Waals surface area (Å²) in [4.78, 5) is 29.3. The lowest BCUT2D eigenvalue weighted by atomic mass is 9.94. The molecular formula is C31H35FN2O2. The van der Waals surface area contributed by atoms with Gasteiger partial charge in [-0.2, -0.15) is 0 Å². The highest BCUT2D eigenvalue weighted by Gasteiger charge is 2.32. The van der Waals surface area contributed by atoms with Crippen molar-refractivity contribution in [3.63, 3.8) is 0 Å². The lowest BCUT2D eigenvalue weighted by Crippen LogP contribution is -2.53. The maximum Gasteiger partial charge on any atom is 0.243 e. The molecule has 4 nitrogen and oxygen atoms in total. The van der Waals surface area contributed by atoms with Crippen LogP contribution in [-0.2, 0) is 29.0 Å². The lowest BCUT2D eigenvalue weighted by molar-refractivity contribution is -0.141. The number of aryl methyl sites for hydroxylation is 1. The molecule has 36 heavy (non-hydrogen) atoms. The van der Waals surface area contributed by atoms with E-state index in [4.69, 9.17) is 0 Å². The molecule has 0 aromatic heterocycles. The highest BCUT2D eigenvalue weighted by Crippen LogP contribution is 2.21. The summed E-state index contributed by atoms with van der Waals surface area (Å²) in [5.41, 5.74) is 3.77. The molecule has 0 spiro atoms. The molecule has 1 saturated carbocycles. The van der Waals surface area contributed by atoms with E-state index in [1.54, 1.807) is 17.0 Å². The van der Waals surface area contributed by atoms with Gasteiger partial charge in [-0.15, -0.1) is 0 Å². The van der Waals surface area contributed by atoms with Crippen molar-refractivity contribution < 1.29 is 14.0 Å². The molecule has 188 valence electrons. The molecule has 0 unspecified atom stereocenters. The third kappa shape index (κ3) is 7.03. The second-order valence-corrected chi connectivity index (χ2v) is 9.80. The summed E-state index contributed by atoms with van der Waals surface area (Å²) < 4.78 is 13.6. The van der Waals surface area contributed by atoms with E-state index in [1.807, 2.05) is 61.5 Å². The Morgan fingerprint density at radius 2 is 1.56 bits per heavy atom. The number of hydrogen-bond acceptors (Lipinski definition) is 2. The Morgan fingerprint density at radius 3 is 2.25 bits per heavy atom. The Bertz CT molecular complexity index is 1140. The molecule has 0 radical (unpaired) electrons. The Morgan fingerprint density at radius 1 is 0.889 bits per heavy atom. The minimum absolute atomic E-state index is 0.117. The maximum atomic E-state index is 13.8. The van der Waals surface area contributed by atoms with Gasteiger partial charge in [0, 0.05) is 19.0 Å². The van der Waals surface area contributed by atoms with Crippen molar-refractivity contribution in [2.24, 2.45) is 0 Å². The molecule has 0 heterocycles. The zero-order chi connectivity index (χ0) is 25.3. The molecule has 2 amide bonds. The summed E-state index contributed by atoms with van der Waals surface area (Å²) in [5.74, 6) is -0.563. The monoisotopic (exact) mass is 486 g/mol. The van der Waals surface area contributed by atoms with E-state index in [1.165, 1.54) is 18.6 Å². The van der Waals surface area contributed by atoms with Gasteiger partial charge in [0.2, 0.25) is 11.8 Å². The molecule has 3 aromatic carbocycles. The van der Waals surface area contributed by atoms with Gasteiger partial charge in [-0.05, 0) is 54.2 Å². The van der Waals surface area contributed by atoms with Crippen LogP contribution in [0.1, 0.15) is 54.4 Å². The van der Waals surface area contributed by atoms with Gasteiger partial charge in [-0.1, -0.05) is 86.0 Å². The topological polar surface area (TPSA) is 49.4 Å². The van der Waals surface area contributed by atoms with Crippen molar-refractivity contribution in [2.75, 3.05) is 0 Å². The first-order valence-electron chi connectivity index (χ1n) is 12.9. The minimum Gasteiger partial charge on any atom is -0.352 e. The summed E-state index contributed by atoms with van der Waals surface area (Å²) in [6, 6.07) is 23.3. The molecule has 0 aliphatic heterocycles. The summed E-state index contributed by atoms with van der Waals surface area (Å²) in [6.45, 7) is 2.23. The second kappa shape index (κ2) is 12.5. The third-order valence-electron chi connectivity index (χ3n) is 7.09. The Labute approximate surface area is 213 Å². The van der Waals surface area contributed by atoms with Crippen molar-refractivity contribution in [1.82, 2.24) is 10.2 Å². The van der Waals surface area contributed by atoms with Gasteiger partial charge in [-0.25, -0.2) is 4.39 Å². The normalized spacial score (nSPS) is 14.7. The van der Waals surface area contributed by atoms with Gasteiger partial charge < -0.3 is 10.2 Å². The van der Waals surface area contributed by atoms with Crippen LogP contribution in [0.25, 0.3) is 0 Å². The fourth-order valence-electron chi connectivity index (χ4n) is 4.96. The van der Waals surface area contributed by atoms with Gasteiger partial charge in [0.15, 0.2) is 0 Å². The van der Waals surface area contributed by atoms with E-state index in [0.717, 1.165) is 47.9 Å². The third-order valence-corrected chi connectivity index (χ3v) is 7.09. The molecule has 1 fully saturated rings. The number of nitrogens with zero attached hydrogens (tertiary/aromatic N) is 1. The molecule has 4 rings (SSSR count). The van der Waals surface area contributed by atoms with Crippen LogP contribution in [0.3, 0.4) is 0 Å². The number of benzene rings is 3. The molecule has 0 saturated heterocycles. The zero-order valence-electron chi connectivity index (χ0n) is 21.0. The van der Waals surface area contributed by atoms with Crippen LogP contribution in [-0.4, -0.2) is 28.8 Å². The average Bonchev–Trinajstić information content (AvgIpc) is 2.89. The van der Waals surface area contributed by atoms with Crippen LogP contribution >= 0.6 is 0 Å². The van der Waals surface area contributed by atoms with Gasteiger partial charge in [-0.3, -0.25) is 9.59 Å². The van der Waals surface area contributed by atoms with Gasteiger partial charge in [0.05, 0.1) is 6.42 Å². The number of nitrogens with one attached hydrogen (secondary N) is 1. The molecule has 0 bridgehead atoms. The SMILES string of the molecule is Cc1ccccc1CC(=O)N(Cc1ccc(F)cc1)[C@H](Cc1ccccc1)C(=O)NC1CCCCC1. The van der Waals surface area contributed by atoms with Crippen LogP contribution in [0.5, 0.6) is 0 Å². The van der Waals surface area contributed by atoms with E-state index in [2.05, 4.69) is 5.32 Å². The summed E-state index contributed by atoms with van der Waals surface area (Å²) in [5, 5.41) is 3.25. The van der Waals surface area contributed by atoms with Crippen LogP contribution in [0, 0.1) is 12.7 Å². The van der Waals surface area contributed by atoms with E-state index in [0.29, 0.717) is 6.42 Å². The molecule has 5 heteroatoms. The molecule has 3 aromatic rings. The first-order chi connectivity index (χ1) is 17.5. The standard InChI is InChI=1S/C31H35FN2O2/c1-23-10-8-9-13-26(23)21-30(35)34(22-25-16-18-27(32)19-17-25)29(20-24-11-4-2-5-12-24)31(36)33-28-14-6-3-7-15-28/h2,4-5,8-13,16-19,28-29H,3,6-7,14-15,20-22H2,1H3,(H,33,36)/t29-/m1/s1. The number of carbonyl (C=O) groups excluding carboxylic acids is 2. The highest BCUT2D eigenvalue weighted by atomic mass is 19.1. The van der Waals surface area contributed by atoms with Crippen LogP contribution in [0.4, 0.5) is 4.39 Å². The summed E-state index contributed by atoms with van der Waals surface area (Å²) in [6.07, 6.45) is 5.98. The molecule has 1 atom stereocenters. The van der Waals surface area contributed by atoms with Crippen molar-refractivity contribution in [2.45, 2.75) is 70.5 Å². The summed E-state index contributed by atoms with van der Waals surface area (Å²) >= 11 is 0. The van der Waals surface area contributed by atoms with E-state index >= 15 is 0 Å². The summed E-state index contributed by atoms with van der Waals surface area (Å²) in [7, 11) is 0. The predicted octanol–water partition coefficient (Wildman–Crippen LogP) is 5.77. The van der Waals surface area contributed by atoms with Crippen molar-refractivity contribution in [3.8, 4) is 0 Å². The predicted molar refractivity (Wildman–Crippen MR) is 141 cm³/mol. The second-order valence-electron chi connectivity index (χ2n) is 9.80. The average molecular weight is 487 g/mol. The Hall–Kier alpha value is -3.47. The minimum atomic E-state index is -0.670. The van der Waals surface area contributed by atoms with Crippen LogP contribution in [0.2, 0.25) is 0 Å². The van der Waals surface area contributed by atoms with Crippen LogP contribution < -0.4 is 5.32 Å². The number of amides is 2. The van der Waals surface area contributed by atoms with Crippen molar-refractivity contribution in [3.05, 3.63) is 107 Å². The maximum absolute atomic E-state index is 13.8. The number of rotatable bonds is 9. The van der Waals surface area contributed by atoms with Gasteiger partial charge in [0.25, 0.3) is 0 Å². The fraction of sp³-hybridized carbons (Fsp3) is 0.355. The van der Waals surface area contributed by atoms with Gasteiger partial charge >= 0.3 is 0 Å². The fourth-order valence-corrected chi connectivity index (χ4v) is 4.96. The Balaban J connectivity index is 1.65. The van der Waals surface area contributed by atoms with E-state index in [-0.39, 0.29) is 36.6 Å². The lowest BCUT2D eigenvalue weighted by Gasteiger charge is -2.33. The number of halogens is 1. The quantitative estimate of drug-likeness (QED) is 0.418. The molecule has 1 aliphatic carbocycles. The highest BCUT2D eigenvalue weighted by molar-refractivity contribution is 5.89. The first-order valence-corrected chi connectivity index (χ1v) is 12.9. The smallest absolute Gasteiger partial charge is 0.243 e. The zero-order valence-corrected chi connectivity index (χ0v) is 21.0. The van der Waals surface area contributed by atoms with Gasteiger partial charge in [0.1, 0.15) is 11.9 Å². The van der Waals surface area contributed by atoms with Crippen molar-refractivity contribution >= 4 is 11.8 Å².